The highest BCUT2D eigenvalue weighted by Crippen LogP contribution is 2.39. The largest absolute Gasteiger partial charge is 0.507 e. The van der Waals surface area contributed by atoms with E-state index in [0.717, 1.165) is 0 Å². The molecule has 0 atom stereocenters. The topological polar surface area (TPSA) is 57.2 Å². The molecular weight excluding hydrogens is 260 g/mol. The van der Waals surface area contributed by atoms with E-state index >= 15 is 0 Å². The molecule has 0 fully saturated rings. The van der Waals surface area contributed by atoms with Crippen molar-refractivity contribution in [3.63, 3.8) is 0 Å². The van der Waals surface area contributed by atoms with Crippen LogP contribution in [-0.4, -0.2) is 31.5 Å². The third kappa shape index (κ3) is 4.28. The van der Waals surface area contributed by atoms with Gasteiger partial charge in [-0.15, -0.1) is 0 Å². The zero-order chi connectivity index (χ0) is 15.0. The first-order valence-electron chi connectivity index (χ1n) is 7.03. The molecule has 1 aromatic rings. The predicted molar refractivity (Wildman–Crippen MR) is 76.4 cm³/mol. The Labute approximate surface area is 120 Å². The van der Waals surface area contributed by atoms with Gasteiger partial charge in [-0.25, -0.2) is 0 Å². The van der Waals surface area contributed by atoms with Crippen LogP contribution in [-0.2, 0) is 9.47 Å². The summed E-state index contributed by atoms with van der Waals surface area (Å²) in [5.41, 5.74) is 0.499. The highest BCUT2D eigenvalue weighted by molar-refractivity contribution is 5.50. The van der Waals surface area contributed by atoms with E-state index in [1.807, 2.05) is 27.7 Å². The number of hydrogen-bond acceptors (Lipinski definition) is 5. The highest BCUT2D eigenvalue weighted by atomic mass is 16.7. The molecule has 0 unspecified atom stereocenters. The highest BCUT2D eigenvalue weighted by Gasteiger charge is 2.22. The van der Waals surface area contributed by atoms with Gasteiger partial charge in [-0.1, -0.05) is 0 Å². The van der Waals surface area contributed by atoms with E-state index in [9.17, 15) is 5.11 Å². The SMILES string of the molecule is CCOc1cc(O)c(C(OCC)OCC)c(OCC)c1. The summed E-state index contributed by atoms with van der Waals surface area (Å²) in [5.74, 6) is 1.12. The van der Waals surface area contributed by atoms with Crippen molar-refractivity contribution in [2.24, 2.45) is 0 Å². The molecule has 0 saturated heterocycles. The van der Waals surface area contributed by atoms with E-state index in [4.69, 9.17) is 18.9 Å². The van der Waals surface area contributed by atoms with Gasteiger partial charge in [-0.2, -0.15) is 0 Å². The van der Waals surface area contributed by atoms with Crippen molar-refractivity contribution in [1.29, 1.82) is 0 Å². The van der Waals surface area contributed by atoms with Gasteiger partial charge in [-0.3, -0.25) is 0 Å². The molecule has 20 heavy (non-hydrogen) atoms. The molecule has 5 heteroatoms. The van der Waals surface area contributed by atoms with Crippen molar-refractivity contribution < 1.29 is 24.1 Å². The van der Waals surface area contributed by atoms with Crippen molar-refractivity contribution in [3.05, 3.63) is 17.7 Å². The Kier molecular flexibility index (Phi) is 7.18. The smallest absolute Gasteiger partial charge is 0.190 e. The number of benzene rings is 1. The third-order valence-electron chi connectivity index (χ3n) is 2.58. The first-order chi connectivity index (χ1) is 9.67. The maximum Gasteiger partial charge on any atom is 0.190 e. The van der Waals surface area contributed by atoms with Crippen LogP contribution >= 0.6 is 0 Å². The van der Waals surface area contributed by atoms with Crippen molar-refractivity contribution in [1.82, 2.24) is 0 Å². The average Bonchev–Trinajstić information content (AvgIpc) is 2.39. The van der Waals surface area contributed by atoms with Gasteiger partial charge in [0.2, 0.25) is 0 Å². The Morgan fingerprint density at radius 2 is 1.50 bits per heavy atom. The number of ether oxygens (including phenoxy) is 4. The van der Waals surface area contributed by atoms with Crippen LogP contribution in [0.4, 0.5) is 0 Å². The monoisotopic (exact) mass is 284 g/mol. The van der Waals surface area contributed by atoms with Crippen LogP contribution in [0.5, 0.6) is 17.2 Å². The van der Waals surface area contributed by atoms with Crippen LogP contribution in [0.3, 0.4) is 0 Å². The maximum absolute atomic E-state index is 10.2. The second-order valence-electron chi connectivity index (χ2n) is 3.96. The Morgan fingerprint density at radius 1 is 0.900 bits per heavy atom. The van der Waals surface area contributed by atoms with Crippen LogP contribution in [0.15, 0.2) is 12.1 Å². The molecule has 1 aromatic carbocycles. The molecule has 1 rings (SSSR count). The molecule has 114 valence electrons. The van der Waals surface area contributed by atoms with Crippen molar-refractivity contribution >= 4 is 0 Å². The number of rotatable bonds is 9. The maximum atomic E-state index is 10.2. The summed E-state index contributed by atoms with van der Waals surface area (Å²) in [6, 6.07) is 3.29. The van der Waals surface area contributed by atoms with Gasteiger partial charge >= 0.3 is 0 Å². The minimum absolute atomic E-state index is 0.0475. The summed E-state index contributed by atoms with van der Waals surface area (Å²) in [6.45, 7) is 9.46. The summed E-state index contributed by atoms with van der Waals surface area (Å²) in [4.78, 5) is 0. The standard InChI is InChI=1S/C15H24O5/c1-5-17-11-9-12(16)14(13(10-11)18-6-2)15(19-7-3)20-8-4/h9-10,15-16H,5-8H2,1-4H3. The van der Waals surface area contributed by atoms with E-state index in [-0.39, 0.29) is 5.75 Å². The van der Waals surface area contributed by atoms with Crippen LogP contribution in [0.2, 0.25) is 0 Å². The van der Waals surface area contributed by atoms with Gasteiger partial charge in [0.1, 0.15) is 17.2 Å². The fourth-order valence-corrected chi connectivity index (χ4v) is 1.87. The summed E-state index contributed by atoms with van der Waals surface area (Å²) in [6.07, 6.45) is -0.651. The second kappa shape index (κ2) is 8.66. The lowest BCUT2D eigenvalue weighted by Crippen LogP contribution is -2.11. The first kappa shape index (κ1) is 16.6. The summed E-state index contributed by atoms with van der Waals surface area (Å²) in [5, 5.41) is 10.2. The van der Waals surface area contributed by atoms with Gasteiger partial charge in [0.15, 0.2) is 6.29 Å². The van der Waals surface area contributed by atoms with Gasteiger partial charge in [0.05, 0.1) is 18.8 Å². The Bertz CT molecular complexity index is 399. The molecule has 0 aliphatic carbocycles. The summed E-state index contributed by atoms with van der Waals surface area (Å²) in [7, 11) is 0. The van der Waals surface area contributed by atoms with Crippen molar-refractivity contribution in [3.8, 4) is 17.2 Å². The van der Waals surface area contributed by atoms with E-state index < -0.39 is 6.29 Å². The quantitative estimate of drug-likeness (QED) is 0.705. The third-order valence-corrected chi connectivity index (χ3v) is 2.58. The molecule has 0 saturated carbocycles. The molecule has 0 bridgehead atoms. The molecule has 0 spiro atoms. The molecule has 1 N–H and O–H groups in total. The number of aromatic hydroxyl groups is 1. The van der Waals surface area contributed by atoms with E-state index in [0.29, 0.717) is 43.5 Å². The molecule has 0 aliphatic rings. The van der Waals surface area contributed by atoms with Crippen molar-refractivity contribution in [2.45, 2.75) is 34.0 Å². The molecular formula is C15H24O5. The number of phenols is 1. The Hall–Kier alpha value is -1.46. The summed E-state index contributed by atoms with van der Waals surface area (Å²) >= 11 is 0. The predicted octanol–water partition coefficient (Wildman–Crippen LogP) is 3.26. The van der Waals surface area contributed by atoms with Gasteiger partial charge in [0, 0.05) is 25.3 Å². The lowest BCUT2D eigenvalue weighted by Gasteiger charge is -2.22. The van der Waals surface area contributed by atoms with Gasteiger partial charge in [-0.05, 0) is 27.7 Å². The lowest BCUT2D eigenvalue weighted by atomic mass is 10.1. The van der Waals surface area contributed by atoms with Gasteiger partial charge in [0.25, 0.3) is 0 Å². The normalized spacial score (nSPS) is 10.8. The first-order valence-corrected chi connectivity index (χ1v) is 7.03. The lowest BCUT2D eigenvalue weighted by molar-refractivity contribution is -0.142. The molecule has 0 amide bonds. The molecule has 0 aliphatic heterocycles. The molecule has 0 heterocycles. The minimum Gasteiger partial charge on any atom is -0.507 e. The zero-order valence-corrected chi connectivity index (χ0v) is 12.6. The average molecular weight is 284 g/mol. The number of phenolic OH excluding ortho intramolecular Hbond substituents is 1. The molecule has 5 nitrogen and oxygen atoms in total. The number of hydrogen-bond donors (Lipinski definition) is 1. The van der Waals surface area contributed by atoms with E-state index in [1.54, 1.807) is 12.1 Å². The Morgan fingerprint density at radius 3 is 2.00 bits per heavy atom. The van der Waals surface area contributed by atoms with Crippen molar-refractivity contribution in [2.75, 3.05) is 26.4 Å². The van der Waals surface area contributed by atoms with Gasteiger partial charge < -0.3 is 24.1 Å². The minimum atomic E-state index is -0.651. The van der Waals surface area contributed by atoms with Crippen LogP contribution in [0, 0.1) is 0 Å². The fourth-order valence-electron chi connectivity index (χ4n) is 1.87. The van der Waals surface area contributed by atoms with E-state index in [2.05, 4.69) is 0 Å². The second-order valence-corrected chi connectivity index (χ2v) is 3.96. The zero-order valence-electron chi connectivity index (χ0n) is 12.6. The van der Waals surface area contributed by atoms with E-state index in [1.165, 1.54) is 0 Å². The fraction of sp³-hybridized carbons (Fsp3) is 0.600. The Balaban J connectivity index is 3.19. The van der Waals surface area contributed by atoms with Crippen LogP contribution < -0.4 is 9.47 Å². The molecule has 0 aromatic heterocycles. The molecule has 0 radical (unpaired) electrons. The van der Waals surface area contributed by atoms with Crippen LogP contribution in [0.25, 0.3) is 0 Å². The summed E-state index contributed by atoms with van der Waals surface area (Å²) < 4.78 is 22.1. The van der Waals surface area contributed by atoms with Crippen LogP contribution in [0.1, 0.15) is 39.5 Å².